The summed E-state index contributed by atoms with van der Waals surface area (Å²) in [6, 6.07) is 1.71. The zero-order valence-corrected chi connectivity index (χ0v) is 24.7. The number of anilines is 1. The van der Waals surface area contributed by atoms with Crippen LogP contribution in [0.5, 0.6) is 0 Å². The maximum Gasteiger partial charge on any atom is 0.408 e. The Labute approximate surface area is 245 Å². The average Bonchev–Trinajstić information content (AvgIpc) is 2.87. The quantitative estimate of drug-likeness (QED) is 0.125. The Morgan fingerprint density at radius 3 is 2.29 bits per heavy atom. The second-order valence-electron chi connectivity index (χ2n) is 10.8. The third kappa shape index (κ3) is 12.8. The summed E-state index contributed by atoms with van der Waals surface area (Å²) in [5.74, 6) is 0.676. The van der Waals surface area contributed by atoms with Gasteiger partial charge in [0.2, 0.25) is 11.8 Å². The van der Waals surface area contributed by atoms with E-state index in [-0.39, 0.29) is 50.7 Å². The molecule has 1 aromatic carbocycles. The number of alkyl carbamates (subject to hydrolysis) is 1. The Morgan fingerprint density at radius 1 is 1.10 bits per heavy atom. The number of benzene rings is 1. The zero-order valence-electron chi connectivity index (χ0n) is 24.7. The fraction of sp³-hybridized carbons (Fsp3) is 0.536. The predicted octanol–water partition coefficient (Wildman–Crippen LogP) is 1.71. The number of nitrogens with two attached hydrogens (primary N) is 1. The van der Waals surface area contributed by atoms with Crippen LogP contribution in [-0.4, -0.2) is 75.9 Å². The number of urea groups is 1. The summed E-state index contributed by atoms with van der Waals surface area (Å²) >= 11 is 0. The highest BCUT2D eigenvalue weighted by Gasteiger charge is 2.30. The van der Waals surface area contributed by atoms with Crippen LogP contribution in [0.3, 0.4) is 0 Å². The van der Waals surface area contributed by atoms with Crippen LogP contribution in [0.15, 0.2) is 18.2 Å². The van der Waals surface area contributed by atoms with Crippen LogP contribution in [0, 0.1) is 18.3 Å². The number of carbonyl (C=O) groups excluding carboxylic acids is 4. The van der Waals surface area contributed by atoms with Crippen LogP contribution in [-0.2, 0) is 27.5 Å². The van der Waals surface area contributed by atoms with Gasteiger partial charge in [0, 0.05) is 12.2 Å². The highest BCUT2D eigenvalue weighted by molar-refractivity contribution is 5.98. The zero-order chi connectivity index (χ0) is 32.0. The molecule has 0 aromatic heterocycles. The van der Waals surface area contributed by atoms with E-state index in [9.17, 15) is 34.2 Å². The molecule has 232 valence electrons. The molecule has 0 aliphatic rings. The van der Waals surface area contributed by atoms with E-state index in [1.54, 1.807) is 34.6 Å². The summed E-state index contributed by atoms with van der Waals surface area (Å²) in [7, 11) is 0. The molecule has 0 saturated carbocycles. The lowest BCUT2D eigenvalue weighted by Gasteiger charge is -2.27. The Balaban J connectivity index is 3.18. The predicted molar refractivity (Wildman–Crippen MR) is 155 cm³/mol. The van der Waals surface area contributed by atoms with E-state index in [0.717, 1.165) is 4.90 Å². The standard InChI is InChI=1S/C28H42N6O8/c1-7-13-34(27(40)41)15-19-14-20(11-10-18(19)16-35)31-23(36)21(9-8-12-30-25(29)38)32-24(37)22(17(2)3)33-26(39)42-28(4,5)6/h1,10-11,14,17,21-22,35H,8-9,12-13,15-16H2,2-6H3,(H,31,36)(H,32,37)(H,33,39)(H,40,41)(H3,29,30,38). The van der Waals surface area contributed by atoms with Gasteiger partial charge in [-0.05, 0) is 62.8 Å². The van der Waals surface area contributed by atoms with E-state index in [1.165, 1.54) is 18.2 Å². The van der Waals surface area contributed by atoms with Gasteiger partial charge in [0.25, 0.3) is 0 Å². The molecule has 2 atom stereocenters. The molecule has 0 aliphatic carbocycles. The molecule has 0 bridgehead atoms. The molecular weight excluding hydrogens is 548 g/mol. The van der Waals surface area contributed by atoms with Gasteiger partial charge < -0.3 is 42.0 Å². The maximum absolute atomic E-state index is 13.3. The molecule has 0 aliphatic heterocycles. The number of rotatable bonds is 14. The number of primary amides is 1. The third-order valence-corrected chi connectivity index (χ3v) is 5.78. The van der Waals surface area contributed by atoms with Crippen LogP contribution in [0.1, 0.15) is 58.6 Å². The monoisotopic (exact) mass is 590 g/mol. The van der Waals surface area contributed by atoms with Crippen molar-refractivity contribution in [2.75, 3.05) is 18.4 Å². The first-order valence-electron chi connectivity index (χ1n) is 13.4. The number of carboxylic acid groups (broad SMARTS) is 1. The summed E-state index contributed by atoms with van der Waals surface area (Å²) in [6.07, 6.45) is 3.60. The number of aliphatic hydroxyl groups is 1. The molecule has 6 amide bonds. The number of hydrogen-bond donors (Lipinski definition) is 7. The third-order valence-electron chi connectivity index (χ3n) is 5.78. The van der Waals surface area contributed by atoms with Crippen molar-refractivity contribution < 1.29 is 38.9 Å². The fourth-order valence-electron chi connectivity index (χ4n) is 3.76. The van der Waals surface area contributed by atoms with Crippen molar-refractivity contribution in [3.8, 4) is 12.3 Å². The molecular formula is C28H42N6O8. The van der Waals surface area contributed by atoms with Gasteiger partial charge in [-0.1, -0.05) is 25.8 Å². The molecule has 0 radical (unpaired) electrons. The SMILES string of the molecule is C#CCN(Cc1cc(NC(=O)C(CCCNC(N)=O)NC(=O)C(NC(=O)OC(C)(C)C)C(C)C)ccc1CO)C(=O)O. The van der Waals surface area contributed by atoms with Crippen molar-refractivity contribution in [1.82, 2.24) is 20.9 Å². The van der Waals surface area contributed by atoms with Gasteiger partial charge in [-0.3, -0.25) is 14.5 Å². The summed E-state index contributed by atoms with van der Waals surface area (Å²) in [5, 5.41) is 29.5. The summed E-state index contributed by atoms with van der Waals surface area (Å²) in [6.45, 7) is 7.95. The smallest absolute Gasteiger partial charge is 0.408 e. The largest absolute Gasteiger partial charge is 0.465 e. The van der Waals surface area contributed by atoms with Crippen molar-refractivity contribution in [1.29, 1.82) is 0 Å². The molecule has 1 aromatic rings. The van der Waals surface area contributed by atoms with Gasteiger partial charge in [0.05, 0.1) is 19.7 Å². The lowest BCUT2D eigenvalue weighted by Crippen LogP contribution is -2.55. The summed E-state index contributed by atoms with van der Waals surface area (Å²) in [4.78, 5) is 62.5. The van der Waals surface area contributed by atoms with E-state index >= 15 is 0 Å². The van der Waals surface area contributed by atoms with E-state index in [0.29, 0.717) is 11.1 Å². The highest BCUT2D eigenvalue weighted by Crippen LogP contribution is 2.19. The Bertz CT molecular complexity index is 1160. The van der Waals surface area contributed by atoms with E-state index in [2.05, 4.69) is 27.2 Å². The number of aliphatic hydroxyl groups excluding tert-OH is 1. The topological polar surface area (TPSA) is 212 Å². The Hall–Kier alpha value is -4.51. The number of amides is 6. The number of nitrogens with one attached hydrogen (secondary N) is 4. The first kappa shape index (κ1) is 35.5. The Kier molecular flexibility index (Phi) is 14.1. The van der Waals surface area contributed by atoms with Gasteiger partial charge in [0.15, 0.2) is 0 Å². The minimum atomic E-state index is -1.25. The van der Waals surface area contributed by atoms with Crippen LogP contribution in [0.25, 0.3) is 0 Å². The lowest BCUT2D eigenvalue weighted by molar-refractivity contribution is -0.128. The number of ether oxygens (including phenoxy) is 1. The molecule has 0 fully saturated rings. The average molecular weight is 591 g/mol. The van der Waals surface area contributed by atoms with Crippen LogP contribution in [0.4, 0.5) is 20.1 Å². The number of hydrogen-bond acceptors (Lipinski definition) is 7. The van der Waals surface area contributed by atoms with Gasteiger partial charge in [0.1, 0.15) is 17.7 Å². The fourth-order valence-corrected chi connectivity index (χ4v) is 3.76. The van der Waals surface area contributed by atoms with Gasteiger partial charge in [-0.2, -0.15) is 0 Å². The molecule has 0 saturated heterocycles. The molecule has 0 heterocycles. The highest BCUT2D eigenvalue weighted by atomic mass is 16.6. The van der Waals surface area contributed by atoms with Gasteiger partial charge in [-0.25, -0.2) is 14.4 Å². The first-order chi connectivity index (χ1) is 19.6. The number of nitrogens with zero attached hydrogens (tertiary/aromatic N) is 1. The molecule has 0 spiro atoms. The normalized spacial score (nSPS) is 12.3. The van der Waals surface area contributed by atoms with Crippen molar-refractivity contribution in [2.45, 2.75) is 78.3 Å². The minimum absolute atomic E-state index is 0.103. The van der Waals surface area contributed by atoms with Crippen molar-refractivity contribution >= 4 is 35.7 Å². The van der Waals surface area contributed by atoms with Crippen LogP contribution in [0.2, 0.25) is 0 Å². The van der Waals surface area contributed by atoms with Gasteiger partial charge in [-0.15, -0.1) is 6.42 Å². The second-order valence-corrected chi connectivity index (χ2v) is 10.8. The molecule has 2 unspecified atom stereocenters. The van der Waals surface area contributed by atoms with Gasteiger partial charge >= 0.3 is 18.2 Å². The van der Waals surface area contributed by atoms with Crippen molar-refractivity contribution in [3.05, 3.63) is 29.3 Å². The first-order valence-corrected chi connectivity index (χ1v) is 13.4. The number of terminal acetylenes is 1. The van der Waals surface area contributed by atoms with Crippen molar-refractivity contribution in [3.63, 3.8) is 0 Å². The molecule has 14 nitrogen and oxygen atoms in total. The number of carbonyl (C=O) groups is 5. The van der Waals surface area contributed by atoms with E-state index < -0.39 is 47.7 Å². The Morgan fingerprint density at radius 2 is 1.76 bits per heavy atom. The van der Waals surface area contributed by atoms with Crippen molar-refractivity contribution in [2.24, 2.45) is 11.7 Å². The summed E-state index contributed by atoms with van der Waals surface area (Å²) < 4.78 is 5.26. The van der Waals surface area contributed by atoms with Crippen LogP contribution < -0.4 is 27.0 Å². The molecule has 42 heavy (non-hydrogen) atoms. The second kappa shape index (κ2) is 16.7. The molecule has 1 rings (SSSR count). The van der Waals surface area contributed by atoms with E-state index in [1.807, 2.05) is 0 Å². The lowest BCUT2D eigenvalue weighted by atomic mass is 10.0. The maximum atomic E-state index is 13.3. The van der Waals surface area contributed by atoms with Crippen LogP contribution >= 0.6 is 0 Å². The summed E-state index contributed by atoms with van der Waals surface area (Å²) in [5.41, 5.74) is 5.45. The van der Waals surface area contributed by atoms with E-state index in [4.69, 9.17) is 16.9 Å². The molecule has 8 N–H and O–H groups in total. The minimum Gasteiger partial charge on any atom is -0.465 e. The molecule has 14 heteroatoms.